The van der Waals surface area contributed by atoms with Crippen LogP contribution in [0.3, 0.4) is 0 Å². The molecule has 174 valence electrons. The summed E-state index contributed by atoms with van der Waals surface area (Å²) in [6.45, 7) is 4.11. The van der Waals surface area contributed by atoms with Crippen LogP contribution in [0.5, 0.6) is 0 Å². The zero-order valence-electron chi connectivity index (χ0n) is 18.7. The summed E-state index contributed by atoms with van der Waals surface area (Å²) in [7, 11) is 2.06. The first kappa shape index (κ1) is 22.8. The predicted molar refractivity (Wildman–Crippen MR) is 120 cm³/mol. The highest BCUT2D eigenvalue weighted by Gasteiger charge is 2.45. The Morgan fingerprint density at radius 3 is 2.66 bits per heavy atom. The van der Waals surface area contributed by atoms with Gasteiger partial charge in [0.05, 0.1) is 11.4 Å². The lowest BCUT2D eigenvalue weighted by Crippen LogP contribution is -2.54. The molecule has 5 nitrogen and oxygen atoms in total. The minimum Gasteiger partial charge on any atom is -0.368 e. The highest BCUT2D eigenvalue weighted by atomic mass is 19.4. The van der Waals surface area contributed by atoms with E-state index in [0.717, 1.165) is 48.1 Å². The van der Waals surface area contributed by atoms with Crippen LogP contribution < -0.4 is 10.2 Å². The number of nitrogens with one attached hydrogen (secondary N) is 1. The summed E-state index contributed by atoms with van der Waals surface area (Å²) in [5.74, 6) is -1.32. The number of fused-ring (bicyclic) bond motifs is 1. The van der Waals surface area contributed by atoms with Crippen LogP contribution in [0.1, 0.15) is 31.2 Å². The molecule has 0 aliphatic carbocycles. The number of aryl methyl sites for hydroxylation is 1. The average Bonchev–Trinajstić information content (AvgIpc) is 2.75. The number of alkyl halides is 3. The van der Waals surface area contributed by atoms with Gasteiger partial charge in [-0.3, -0.25) is 9.78 Å². The van der Waals surface area contributed by atoms with Crippen molar-refractivity contribution in [1.29, 1.82) is 0 Å². The van der Waals surface area contributed by atoms with E-state index in [2.05, 4.69) is 22.2 Å². The number of piperidine rings is 2. The fraction of sp³-hybridized carbons (Fsp3) is 0.583. The molecule has 0 saturated carbocycles. The predicted octanol–water partition coefficient (Wildman–Crippen LogP) is 4.15. The Kier molecular flexibility index (Phi) is 6.60. The van der Waals surface area contributed by atoms with Crippen LogP contribution >= 0.6 is 0 Å². The molecule has 2 aliphatic heterocycles. The van der Waals surface area contributed by atoms with Gasteiger partial charge in [-0.2, -0.15) is 13.2 Å². The number of carbonyl (C=O) groups is 1. The van der Waals surface area contributed by atoms with E-state index in [0.29, 0.717) is 18.9 Å². The van der Waals surface area contributed by atoms with Gasteiger partial charge in [-0.1, -0.05) is 6.07 Å². The van der Waals surface area contributed by atoms with Crippen molar-refractivity contribution in [2.75, 3.05) is 38.1 Å². The van der Waals surface area contributed by atoms with Crippen molar-refractivity contribution in [2.24, 2.45) is 11.8 Å². The van der Waals surface area contributed by atoms with Crippen LogP contribution in [-0.4, -0.2) is 61.2 Å². The summed E-state index contributed by atoms with van der Waals surface area (Å²) < 4.78 is 41.3. The second-order valence-electron chi connectivity index (χ2n) is 9.40. The fourth-order valence-electron chi connectivity index (χ4n) is 5.03. The van der Waals surface area contributed by atoms with Crippen molar-refractivity contribution in [3.63, 3.8) is 0 Å². The van der Waals surface area contributed by atoms with E-state index < -0.39 is 18.1 Å². The number of amides is 1. The summed E-state index contributed by atoms with van der Waals surface area (Å²) in [4.78, 5) is 21.1. The highest BCUT2D eigenvalue weighted by Crippen LogP contribution is 2.37. The van der Waals surface area contributed by atoms with Gasteiger partial charge in [0.2, 0.25) is 5.91 Å². The number of pyridine rings is 1. The molecule has 2 atom stereocenters. The molecule has 1 aromatic heterocycles. The van der Waals surface area contributed by atoms with Gasteiger partial charge < -0.3 is 15.1 Å². The number of anilines is 1. The maximum absolute atomic E-state index is 13.8. The molecule has 1 aromatic carbocycles. The number of benzene rings is 1. The van der Waals surface area contributed by atoms with Crippen molar-refractivity contribution in [3.8, 4) is 0 Å². The van der Waals surface area contributed by atoms with E-state index in [1.54, 1.807) is 17.2 Å². The van der Waals surface area contributed by atoms with Gasteiger partial charge in [0.15, 0.2) is 0 Å². The third kappa shape index (κ3) is 5.17. The molecule has 2 aliphatic rings. The second kappa shape index (κ2) is 9.25. The summed E-state index contributed by atoms with van der Waals surface area (Å²) in [5.41, 5.74) is 2.51. The van der Waals surface area contributed by atoms with E-state index in [-0.39, 0.29) is 18.9 Å². The Balaban J connectivity index is 1.52. The third-order valence-electron chi connectivity index (χ3n) is 6.88. The average molecular weight is 449 g/mol. The molecule has 3 heterocycles. The molecule has 0 unspecified atom stereocenters. The summed E-state index contributed by atoms with van der Waals surface area (Å²) >= 11 is 0. The van der Waals surface area contributed by atoms with E-state index in [9.17, 15) is 18.0 Å². The van der Waals surface area contributed by atoms with Gasteiger partial charge in [0.1, 0.15) is 0 Å². The monoisotopic (exact) mass is 448 g/mol. The topological polar surface area (TPSA) is 48.5 Å². The van der Waals surface area contributed by atoms with Gasteiger partial charge >= 0.3 is 6.18 Å². The van der Waals surface area contributed by atoms with E-state index in [4.69, 9.17) is 0 Å². The molecule has 0 bridgehead atoms. The molecular formula is C24H31F3N4O. The molecule has 4 rings (SSSR count). The number of hydrogen-bond donors (Lipinski definition) is 1. The first-order chi connectivity index (χ1) is 15.2. The maximum Gasteiger partial charge on any atom is 0.393 e. The largest absolute Gasteiger partial charge is 0.393 e. The Morgan fingerprint density at radius 2 is 1.94 bits per heavy atom. The summed E-state index contributed by atoms with van der Waals surface area (Å²) in [5, 5.41) is 3.77. The number of aromatic nitrogens is 1. The van der Waals surface area contributed by atoms with Gasteiger partial charge in [0.25, 0.3) is 0 Å². The third-order valence-corrected chi connectivity index (χ3v) is 6.88. The molecule has 32 heavy (non-hydrogen) atoms. The second-order valence-corrected chi connectivity index (χ2v) is 9.40. The number of hydrogen-bond acceptors (Lipinski definition) is 4. The van der Waals surface area contributed by atoms with Crippen molar-refractivity contribution in [2.45, 2.75) is 44.8 Å². The van der Waals surface area contributed by atoms with E-state index in [1.165, 1.54) is 0 Å². The molecular weight excluding hydrogens is 417 g/mol. The first-order valence-electron chi connectivity index (χ1n) is 11.3. The number of carbonyl (C=O) groups excluding carboxylic acids is 1. The van der Waals surface area contributed by atoms with E-state index >= 15 is 0 Å². The Hall–Kier alpha value is -2.35. The van der Waals surface area contributed by atoms with Gasteiger partial charge in [-0.05, 0) is 76.0 Å². The zero-order valence-corrected chi connectivity index (χ0v) is 18.7. The molecule has 2 aromatic rings. The van der Waals surface area contributed by atoms with Crippen LogP contribution in [0.4, 0.5) is 18.9 Å². The number of rotatable bonds is 4. The number of nitrogens with zero attached hydrogens (tertiary/aromatic N) is 3. The van der Waals surface area contributed by atoms with Gasteiger partial charge in [0, 0.05) is 42.8 Å². The Morgan fingerprint density at radius 1 is 1.19 bits per heavy atom. The summed E-state index contributed by atoms with van der Waals surface area (Å²) in [6.07, 6.45) is -0.406. The van der Waals surface area contributed by atoms with Crippen molar-refractivity contribution in [3.05, 3.63) is 36.0 Å². The molecule has 0 spiro atoms. The minimum absolute atomic E-state index is 0.0822. The van der Waals surface area contributed by atoms with Crippen LogP contribution in [0.15, 0.2) is 30.5 Å². The molecule has 1 N–H and O–H groups in total. The number of likely N-dealkylation sites (tertiary alicyclic amines) is 1. The van der Waals surface area contributed by atoms with Crippen LogP contribution in [0.2, 0.25) is 0 Å². The molecule has 2 fully saturated rings. The standard InChI is InChI=1S/C24H31F3N4O/c1-16-5-6-21(20-4-3-9-28-23(16)20)31-14-18(24(25,26)27)13-19(15-31)29-22(32)12-17-7-10-30(2)11-8-17/h3-6,9,17-19H,7-8,10-15H2,1-2H3,(H,29,32)/t18-,19+/m0/s1. The Labute approximate surface area is 187 Å². The highest BCUT2D eigenvalue weighted by molar-refractivity contribution is 5.93. The summed E-state index contributed by atoms with van der Waals surface area (Å²) in [6, 6.07) is 6.93. The quantitative estimate of drug-likeness (QED) is 0.764. The lowest BCUT2D eigenvalue weighted by atomic mass is 9.91. The fourth-order valence-corrected chi connectivity index (χ4v) is 5.03. The van der Waals surface area contributed by atoms with Crippen molar-refractivity contribution < 1.29 is 18.0 Å². The zero-order chi connectivity index (χ0) is 22.9. The molecule has 2 saturated heterocycles. The maximum atomic E-state index is 13.8. The molecule has 8 heteroatoms. The molecule has 0 radical (unpaired) electrons. The van der Waals surface area contributed by atoms with Gasteiger partial charge in [-0.15, -0.1) is 0 Å². The van der Waals surface area contributed by atoms with Crippen LogP contribution in [0.25, 0.3) is 10.9 Å². The van der Waals surface area contributed by atoms with Crippen LogP contribution in [0, 0.1) is 18.8 Å². The van der Waals surface area contributed by atoms with E-state index in [1.807, 2.05) is 25.1 Å². The van der Waals surface area contributed by atoms with Gasteiger partial charge in [-0.25, -0.2) is 0 Å². The SMILES string of the molecule is Cc1ccc(N2C[C@H](NC(=O)CC3CCN(C)CC3)C[C@H](C(F)(F)F)C2)c2cccnc12. The number of halogens is 3. The van der Waals surface area contributed by atoms with Crippen LogP contribution in [-0.2, 0) is 4.79 Å². The van der Waals surface area contributed by atoms with Crippen molar-refractivity contribution >= 4 is 22.5 Å². The lowest BCUT2D eigenvalue weighted by Gasteiger charge is -2.40. The normalized spacial score (nSPS) is 23.5. The smallest absolute Gasteiger partial charge is 0.368 e. The first-order valence-corrected chi connectivity index (χ1v) is 11.3. The minimum atomic E-state index is -4.31. The Bertz CT molecular complexity index is 956. The molecule has 1 amide bonds. The van der Waals surface area contributed by atoms with Crippen molar-refractivity contribution in [1.82, 2.24) is 15.2 Å². The lowest BCUT2D eigenvalue weighted by molar-refractivity contribution is -0.178.